The summed E-state index contributed by atoms with van der Waals surface area (Å²) in [6, 6.07) is 1.62. The molecule has 0 radical (unpaired) electrons. The first-order valence-electron chi connectivity index (χ1n) is 6.59. The van der Waals surface area contributed by atoms with Crippen LogP contribution < -0.4 is 0 Å². The molecule has 0 bridgehead atoms. The smallest absolute Gasteiger partial charge is 0.256 e. The number of likely N-dealkylation sites (tertiary alicyclic amines) is 1. The van der Waals surface area contributed by atoms with Crippen molar-refractivity contribution >= 4 is 40.4 Å². The predicted octanol–water partition coefficient (Wildman–Crippen LogP) is 3.77. The van der Waals surface area contributed by atoms with E-state index < -0.39 is 0 Å². The second-order valence-corrected chi connectivity index (χ2v) is 7.29. The Morgan fingerprint density at radius 2 is 2.33 bits per heavy atom. The molecule has 2 aromatic rings. The molecule has 1 aliphatic rings. The fourth-order valence-corrected chi connectivity index (χ4v) is 3.95. The van der Waals surface area contributed by atoms with Gasteiger partial charge in [0.05, 0.1) is 15.8 Å². The Morgan fingerprint density at radius 3 is 2.95 bits per heavy atom. The number of amides is 1. The van der Waals surface area contributed by atoms with Crippen molar-refractivity contribution in [3.8, 4) is 0 Å². The Labute approximate surface area is 135 Å². The van der Waals surface area contributed by atoms with E-state index in [1.54, 1.807) is 17.9 Å². The molecule has 1 amide bonds. The molecule has 21 heavy (non-hydrogen) atoms. The SMILES string of the molecule is Cc1noc([C@H]2CCCN(C(=O)c3cc(Cl)sc3Cl)C2)n1. The first kappa shape index (κ1) is 14.8. The lowest BCUT2D eigenvalue weighted by molar-refractivity contribution is 0.0696. The Kier molecular flexibility index (Phi) is 4.19. The van der Waals surface area contributed by atoms with Crippen LogP contribution >= 0.6 is 34.5 Å². The lowest BCUT2D eigenvalue weighted by Crippen LogP contribution is -2.39. The molecule has 5 nitrogen and oxygen atoms in total. The molecule has 3 heterocycles. The van der Waals surface area contributed by atoms with E-state index in [4.69, 9.17) is 27.7 Å². The first-order chi connectivity index (χ1) is 10.0. The number of aryl methyl sites for hydroxylation is 1. The highest BCUT2D eigenvalue weighted by molar-refractivity contribution is 7.20. The number of carbonyl (C=O) groups is 1. The van der Waals surface area contributed by atoms with Crippen LogP contribution in [0.15, 0.2) is 10.6 Å². The molecular formula is C13H13Cl2N3O2S. The number of piperidine rings is 1. The van der Waals surface area contributed by atoms with Gasteiger partial charge in [-0.05, 0) is 25.8 Å². The monoisotopic (exact) mass is 345 g/mol. The number of halogens is 2. The summed E-state index contributed by atoms with van der Waals surface area (Å²) in [6.45, 7) is 3.04. The van der Waals surface area contributed by atoms with Gasteiger partial charge in [-0.1, -0.05) is 28.4 Å². The predicted molar refractivity (Wildman–Crippen MR) is 81.3 cm³/mol. The summed E-state index contributed by atoms with van der Waals surface area (Å²) >= 11 is 13.2. The molecule has 0 spiro atoms. The summed E-state index contributed by atoms with van der Waals surface area (Å²) in [4.78, 5) is 18.6. The van der Waals surface area contributed by atoms with Crippen LogP contribution in [0.25, 0.3) is 0 Å². The van der Waals surface area contributed by atoms with E-state index in [1.165, 1.54) is 11.3 Å². The van der Waals surface area contributed by atoms with Crippen LogP contribution in [0.3, 0.4) is 0 Å². The summed E-state index contributed by atoms with van der Waals surface area (Å²) in [5.41, 5.74) is 0.467. The van der Waals surface area contributed by atoms with Gasteiger partial charge in [-0.2, -0.15) is 4.98 Å². The minimum absolute atomic E-state index is 0.0804. The van der Waals surface area contributed by atoms with Crippen LogP contribution in [0.4, 0.5) is 0 Å². The standard InChI is InChI=1S/C13H13Cl2N3O2S/c1-7-16-12(20-17-7)8-3-2-4-18(6-8)13(19)9-5-10(14)21-11(9)15/h5,8H,2-4,6H2,1H3/t8-/m0/s1. The summed E-state index contributed by atoms with van der Waals surface area (Å²) in [7, 11) is 0. The Bertz CT molecular complexity index is 670. The van der Waals surface area contributed by atoms with Gasteiger partial charge < -0.3 is 9.42 Å². The maximum absolute atomic E-state index is 12.5. The average molecular weight is 346 g/mol. The van der Waals surface area contributed by atoms with E-state index in [9.17, 15) is 4.79 Å². The Balaban J connectivity index is 1.77. The molecule has 0 aromatic carbocycles. The van der Waals surface area contributed by atoms with Crippen LogP contribution in [0, 0.1) is 6.92 Å². The molecule has 0 unspecified atom stereocenters. The zero-order valence-corrected chi connectivity index (χ0v) is 13.6. The van der Waals surface area contributed by atoms with Crippen molar-refractivity contribution in [3.63, 3.8) is 0 Å². The molecule has 8 heteroatoms. The van der Waals surface area contributed by atoms with Gasteiger partial charge in [-0.25, -0.2) is 0 Å². The van der Waals surface area contributed by atoms with Gasteiger partial charge >= 0.3 is 0 Å². The van der Waals surface area contributed by atoms with Crippen LogP contribution in [-0.4, -0.2) is 34.0 Å². The van der Waals surface area contributed by atoms with Gasteiger partial charge in [0.1, 0.15) is 4.34 Å². The topological polar surface area (TPSA) is 59.2 Å². The van der Waals surface area contributed by atoms with Crippen molar-refractivity contribution in [1.29, 1.82) is 0 Å². The number of nitrogens with zero attached hydrogens (tertiary/aromatic N) is 3. The molecule has 1 fully saturated rings. The number of rotatable bonds is 2. The van der Waals surface area contributed by atoms with Crippen molar-refractivity contribution < 1.29 is 9.32 Å². The van der Waals surface area contributed by atoms with Gasteiger partial charge in [0.15, 0.2) is 5.82 Å². The quantitative estimate of drug-likeness (QED) is 0.831. The van der Waals surface area contributed by atoms with E-state index in [1.807, 2.05) is 0 Å². The Morgan fingerprint density at radius 1 is 1.52 bits per heavy atom. The van der Waals surface area contributed by atoms with Gasteiger partial charge in [0, 0.05) is 13.1 Å². The highest BCUT2D eigenvalue weighted by Gasteiger charge is 2.30. The average Bonchev–Trinajstić information content (AvgIpc) is 3.04. The fourth-order valence-electron chi connectivity index (χ4n) is 2.50. The third kappa shape index (κ3) is 3.07. The van der Waals surface area contributed by atoms with Crippen molar-refractivity contribution in [1.82, 2.24) is 15.0 Å². The van der Waals surface area contributed by atoms with Crippen LogP contribution in [0.2, 0.25) is 8.67 Å². The van der Waals surface area contributed by atoms with Gasteiger partial charge in [-0.3, -0.25) is 4.79 Å². The summed E-state index contributed by atoms with van der Waals surface area (Å²) < 4.78 is 6.17. The minimum atomic E-state index is -0.0934. The normalized spacial score (nSPS) is 19.0. The Hall–Kier alpha value is -1.11. The molecule has 0 N–H and O–H groups in total. The second-order valence-electron chi connectivity index (χ2n) is 5.01. The number of carbonyl (C=O) groups excluding carboxylic acids is 1. The number of thiophene rings is 1. The van der Waals surface area contributed by atoms with Gasteiger partial charge in [0.25, 0.3) is 5.91 Å². The third-order valence-electron chi connectivity index (χ3n) is 3.49. The van der Waals surface area contributed by atoms with Crippen molar-refractivity contribution in [2.24, 2.45) is 0 Å². The molecule has 112 valence electrons. The van der Waals surface area contributed by atoms with Crippen molar-refractivity contribution in [2.45, 2.75) is 25.7 Å². The first-order valence-corrected chi connectivity index (χ1v) is 8.16. The van der Waals surface area contributed by atoms with E-state index >= 15 is 0 Å². The van der Waals surface area contributed by atoms with Gasteiger partial charge in [-0.15, -0.1) is 11.3 Å². The lowest BCUT2D eigenvalue weighted by Gasteiger charge is -2.30. The maximum atomic E-state index is 12.5. The molecule has 1 saturated heterocycles. The summed E-state index contributed by atoms with van der Waals surface area (Å²) in [5, 5.41) is 3.81. The van der Waals surface area contributed by atoms with E-state index in [-0.39, 0.29) is 11.8 Å². The molecule has 0 saturated carbocycles. The van der Waals surface area contributed by atoms with Crippen LogP contribution in [0.5, 0.6) is 0 Å². The summed E-state index contributed by atoms with van der Waals surface area (Å²) in [5.74, 6) is 1.20. The van der Waals surface area contributed by atoms with Crippen molar-refractivity contribution in [2.75, 3.05) is 13.1 Å². The highest BCUT2D eigenvalue weighted by Crippen LogP contribution is 2.33. The van der Waals surface area contributed by atoms with Gasteiger partial charge in [0.2, 0.25) is 5.89 Å². The van der Waals surface area contributed by atoms with Crippen LogP contribution in [-0.2, 0) is 0 Å². The maximum Gasteiger partial charge on any atom is 0.256 e. The molecular weight excluding hydrogens is 333 g/mol. The second kappa shape index (κ2) is 5.94. The number of hydrogen-bond donors (Lipinski definition) is 0. The largest absolute Gasteiger partial charge is 0.339 e. The summed E-state index contributed by atoms with van der Waals surface area (Å²) in [6.07, 6.45) is 1.83. The van der Waals surface area contributed by atoms with E-state index in [2.05, 4.69) is 10.1 Å². The fraction of sp³-hybridized carbons (Fsp3) is 0.462. The molecule has 2 aromatic heterocycles. The number of hydrogen-bond acceptors (Lipinski definition) is 5. The third-order valence-corrected chi connectivity index (χ3v) is 4.98. The zero-order chi connectivity index (χ0) is 15.0. The van der Waals surface area contributed by atoms with Crippen molar-refractivity contribution in [3.05, 3.63) is 32.0 Å². The minimum Gasteiger partial charge on any atom is -0.339 e. The zero-order valence-electron chi connectivity index (χ0n) is 11.3. The number of aromatic nitrogens is 2. The van der Waals surface area contributed by atoms with E-state index in [0.717, 1.165) is 12.8 Å². The molecule has 1 aliphatic heterocycles. The van der Waals surface area contributed by atoms with Crippen LogP contribution in [0.1, 0.15) is 40.8 Å². The molecule has 1 atom stereocenters. The lowest BCUT2D eigenvalue weighted by atomic mass is 9.97. The van der Waals surface area contributed by atoms with E-state index in [0.29, 0.717) is 39.0 Å². The molecule has 0 aliphatic carbocycles. The highest BCUT2D eigenvalue weighted by atomic mass is 35.5. The molecule has 3 rings (SSSR count).